The molecule has 6 unspecified atom stereocenters. The van der Waals surface area contributed by atoms with Gasteiger partial charge in [0.25, 0.3) is 0 Å². The van der Waals surface area contributed by atoms with Crippen LogP contribution in [-0.2, 0) is 4.74 Å². The molecule has 70 heavy (non-hydrogen) atoms. The van der Waals surface area contributed by atoms with E-state index >= 15 is 4.79 Å². The number of hydrogen-bond donors (Lipinski definition) is 1. The molecule has 0 bridgehead atoms. The molecule has 0 aliphatic carbocycles. The van der Waals surface area contributed by atoms with Gasteiger partial charge in [-0.25, -0.2) is 0 Å². The average Bonchev–Trinajstić information content (AvgIpc) is 3.69. The van der Waals surface area contributed by atoms with Crippen LogP contribution in [0.25, 0.3) is 0 Å². The number of carbonyl (C=O) groups excluding carboxylic acids is 1. The Morgan fingerprint density at radius 3 is 1.26 bits per heavy atom. The zero-order valence-corrected chi connectivity index (χ0v) is 147. The number of alkyl halides is 9. The van der Waals surface area contributed by atoms with E-state index in [-0.39, 0.29) is 51.0 Å². The van der Waals surface area contributed by atoms with Crippen LogP contribution in [0.4, 0.5) is 4.79 Å². The van der Waals surface area contributed by atoms with Crippen LogP contribution in [0, 0.1) is 0 Å². The van der Waals surface area contributed by atoms with Crippen molar-refractivity contribution < 1.29 is 79.8 Å². The van der Waals surface area contributed by atoms with Gasteiger partial charge in [-0.1, -0.05) is 0 Å². The Morgan fingerprint density at radius 1 is 0.471 bits per heavy atom. The van der Waals surface area contributed by atoms with Gasteiger partial charge in [0.15, 0.2) is 0 Å². The van der Waals surface area contributed by atoms with E-state index in [4.69, 9.17) is 10.1 Å². The Balaban J connectivity index is 4.42. The number of likely N-dealkylation sites (tertiary alicyclic amines) is 1. The van der Waals surface area contributed by atoms with E-state index in [0.29, 0.717) is 23.2 Å². The summed E-state index contributed by atoms with van der Waals surface area (Å²) in [6, 6.07) is 0. The van der Waals surface area contributed by atoms with Crippen LogP contribution in [0.3, 0.4) is 0 Å². The summed E-state index contributed by atoms with van der Waals surface area (Å²) < 4.78 is 9.32. The van der Waals surface area contributed by atoms with Crippen LogP contribution < -0.4 is 75.6 Å². The number of fused-ring (bicyclic) bond motifs is 1. The fourth-order valence-electron chi connectivity index (χ4n) is 5.36. The van der Waals surface area contributed by atoms with E-state index in [1.165, 1.54) is 0 Å². The molecule has 2 heterocycles. The summed E-state index contributed by atoms with van der Waals surface area (Å²) in [5.74, 6) is 0. The molecule has 0 spiro atoms. The van der Waals surface area contributed by atoms with E-state index in [2.05, 4.69) is 572 Å². The van der Waals surface area contributed by atoms with E-state index in [0.717, 1.165) is 0 Å². The molecule has 2 rings (SSSR count). The van der Waals surface area contributed by atoms with Crippen LogP contribution in [0.2, 0.25) is 0 Å². The van der Waals surface area contributed by atoms with Crippen LogP contribution in [0.5, 0.6) is 0 Å². The molecule has 0 aromatic heterocycles. The van der Waals surface area contributed by atoms with Crippen LogP contribution in [0.1, 0.15) is 27.7 Å². The van der Waals surface area contributed by atoms with Crippen LogP contribution in [0.15, 0.2) is 0 Å². The fraction of sp³-hybridized carbons (Fsp3) is 0.917. The Kier molecular flexibility index (Phi) is 77.6. The van der Waals surface area contributed by atoms with Gasteiger partial charge >= 0.3 is 874 Å². The van der Waals surface area contributed by atoms with Gasteiger partial charge in [0.1, 0.15) is 0 Å². The molecule has 0 radical (unpaired) electrons. The number of rotatable bonds is 25. The van der Waals surface area contributed by atoms with Gasteiger partial charge in [-0.2, -0.15) is 0 Å². The summed E-state index contributed by atoms with van der Waals surface area (Å²) in [6.07, 6.45) is 0.290. The summed E-state index contributed by atoms with van der Waals surface area (Å²) in [7, 11) is -14.8. The summed E-state index contributed by atoms with van der Waals surface area (Å²) in [5, 5.41) is 6.14. The fourth-order valence-corrected chi connectivity index (χ4v) is 3180. The molecule has 58 heteroatoms. The van der Waals surface area contributed by atoms with Crippen molar-refractivity contribution in [1.82, 2.24) is 10.2 Å². The monoisotopic (exact) mass is 7070 g/mol. The first-order valence-electron chi connectivity index (χ1n) is 13.2. The van der Waals surface area contributed by atoms with E-state index in [1.54, 1.807) is 0 Å². The first kappa shape index (κ1) is 105. The van der Waals surface area contributed by atoms with Crippen LogP contribution >= 0.6 is 730 Å². The third kappa shape index (κ3) is 25.1. The van der Waals surface area contributed by atoms with Crippen molar-refractivity contribution in [2.45, 2.75) is 48.3 Å². The Bertz CT molecular complexity index is 1670. The molecule has 2 saturated heterocycles. The molecular weight excluding hydrogens is 7060 g/mol. The molecule has 2 fully saturated rings. The second-order valence-corrected chi connectivity index (χ2v) is 865. The molecule has 1 amide bonds. The van der Waals surface area contributed by atoms with Crippen LogP contribution in [-0.4, -0.2) is 31.6 Å². The molecule has 2 aliphatic rings. The summed E-state index contributed by atoms with van der Waals surface area (Å²) >= 11 is 83.3. The second kappa shape index (κ2) is 51.9. The Morgan fingerprint density at radius 2 is 0.900 bits per heavy atom. The predicted molar refractivity (Wildman–Crippen MR) is 740 cm³/mol. The van der Waals surface area contributed by atoms with Gasteiger partial charge in [-0.05, 0) is 0 Å². The second-order valence-electron chi connectivity index (χ2n) is 10.7. The molecule has 6 atom stereocenters. The van der Waals surface area contributed by atoms with Crippen molar-refractivity contribution >= 4 is 736 Å². The zero-order valence-electron chi connectivity index (χ0n) is 30.2. The number of ether oxygens (including phenoxy) is 1. The van der Waals surface area contributed by atoms with E-state index < -0.39 is 213 Å². The molecule has 0 aromatic carbocycles. The normalized spacial score (nSPS) is 31.2. The molecule has 0 aromatic rings. The van der Waals surface area contributed by atoms with E-state index in [1.807, 2.05) is 0 Å². The standard InChI is InChI=1S/C12H13I54N2O2/c1-6(2,3)70-5(69)68-7(4,42-13)8(47(18)19)9(49(21)62(37)59(34)45-16,12(68,53(25)58(33)44-15)54(26)61(36)56(29)30)11(51(23)63(38)65(40)57(31)32,52(24)64(39)66(41)60(35)46-17)67-10(8,48(20)43-14)50(22)55(27)28/h67H,1-4H3/q-5. The van der Waals surface area contributed by atoms with Crippen molar-refractivity contribution in [3.8, 4) is 0 Å². The van der Waals surface area contributed by atoms with Gasteiger partial charge in [-0.15, -0.1) is 0 Å². The minimum atomic E-state index is -1.96. The third-order valence-electron chi connectivity index (χ3n) is 6.94. The Labute approximate surface area is 830 Å². The average molecular weight is 7070 g/mol. The molecule has 0 saturated carbocycles. The molecule has 2 aliphatic heterocycles. The number of halogens is 54. The first-order valence-corrected chi connectivity index (χ1v) is 306. The number of nitrogens with zero attached hydrogens (tertiary/aromatic N) is 1. The van der Waals surface area contributed by atoms with Gasteiger partial charge in [0.05, 0.1) is 0 Å². The minimum absolute atomic E-state index is 0.0462. The first-order chi connectivity index (χ1) is 31.9. The summed E-state index contributed by atoms with van der Waals surface area (Å²) in [6.45, 7) is 9.85. The van der Waals surface area contributed by atoms with Gasteiger partial charge in [-0.3, -0.25) is 0 Å². The van der Waals surface area contributed by atoms with Crippen molar-refractivity contribution in [2.75, 3.05) is 0 Å². The van der Waals surface area contributed by atoms with Gasteiger partial charge in [0, 0.05) is 0 Å². The van der Waals surface area contributed by atoms with Crippen molar-refractivity contribution in [3.63, 3.8) is 0 Å². The van der Waals surface area contributed by atoms with Crippen molar-refractivity contribution in [1.29, 1.82) is 0 Å². The van der Waals surface area contributed by atoms with Crippen molar-refractivity contribution in [3.05, 3.63) is 0 Å². The van der Waals surface area contributed by atoms with Gasteiger partial charge < -0.3 is 0 Å². The summed E-state index contributed by atoms with van der Waals surface area (Å²) in [5.41, 5.74) is -0.486. The maximum absolute atomic E-state index is 17.4. The SMILES string of the molecule is CC(C)(C)OC(=O)N1C(C)([I-]I)C2(I(I)I)C(I(I)[I-]I)(I(I)I(I)I)NC(I(I)I(I)I(I)I(I)I)(I(I)I(I)I(I)I(I)[I-]I)C2(I(I)I(I)I(I)[I-]I)C1(I(I)I(I)[I-]I)I(I)I(I)I(I)I. The zero-order chi connectivity index (χ0) is 55.2. The number of nitrogens with one attached hydrogen (secondary N) is 1. The topological polar surface area (TPSA) is 41.6 Å². The van der Waals surface area contributed by atoms with E-state index in [9.17, 15) is 0 Å². The number of carbonyl (C=O) groups is 1. The number of amides is 1. The predicted octanol–water partition coefficient (Wildman–Crippen LogP) is 28.4. The van der Waals surface area contributed by atoms with Crippen molar-refractivity contribution in [2.24, 2.45) is 0 Å². The maximum atomic E-state index is 17.4. The molecular formula is C12H13I54N2O2-5. The molecule has 466 valence electrons. The molecule has 4 nitrogen and oxygen atoms in total. The third-order valence-corrected chi connectivity index (χ3v) is 2070. The van der Waals surface area contributed by atoms with Gasteiger partial charge in [0.2, 0.25) is 0 Å². The number of hydrogen-bond acceptors (Lipinski definition) is 3. The molecule has 1 N–H and O–H groups in total. The summed E-state index contributed by atoms with van der Waals surface area (Å²) in [4.78, 5) is 20.7. The Hall–Kier alpha value is 38.6. The quantitative estimate of drug-likeness (QED) is 0.0563.